The zero-order chi connectivity index (χ0) is 11.2. The zero-order valence-electron chi connectivity index (χ0n) is 10.6. The Morgan fingerprint density at radius 1 is 1.20 bits per heavy atom. The van der Waals surface area contributed by atoms with Crippen molar-refractivity contribution in [3.63, 3.8) is 0 Å². The van der Waals surface area contributed by atoms with E-state index in [1.54, 1.807) is 0 Å². The molecule has 0 aliphatic heterocycles. The molecule has 3 heteroatoms. The topological polar surface area (TPSA) is 32.6 Å². The van der Waals surface area contributed by atoms with E-state index in [-0.39, 0.29) is 44.2 Å². The van der Waals surface area contributed by atoms with Gasteiger partial charge in [-0.3, -0.25) is 4.99 Å². The molecular formula is C12H25DyNO. The fourth-order valence-electron chi connectivity index (χ4n) is 1.82. The summed E-state index contributed by atoms with van der Waals surface area (Å²) in [4.78, 5) is 4.45. The average molecular weight is 362 g/mol. The molecule has 0 fully saturated rings. The maximum atomic E-state index is 10.4. The van der Waals surface area contributed by atoms with Crippen molar-refractivity contribution in [2.75, 3.05) is 0 Å². The molecule has 0 unspecified atom stereocenters. The van der Waals surface area contributed by atoms with Crippen LogP contribution in [-0.2, 0) is 0 Å². The third-order valence-corrected chi connectivity index (χ3v) is 2.45. The van der Waals surface area contributed by atoms with Crippen molar-refractivity contribution in [1.82, 2.24) is 0 Å². The van der Waals surface area contributed by atoms with Gasteiger partial charge in [0.25, 0.3) is 0 Å². The van der Waals surface area contributed by atoms with Crippen molar-refractivity contribution in [2.24, 2.45) is 4.99 Å². The van der Waals surface area contributed by atoms with E-state index in [1.165, 1.54) is 0 Å². The fraction of sp³-hybridized carbons (Fsp3) is 0.917. The van der Waals surface area contributed by atoms with Crippen LogP contribution in [0.1, 0.15) is 60.3 Å². The van der Waals surface area contributed by atoms with Gasteiger partial charge in [-0.2, -0.15) is 0 Å². The molecular weight excluding hydrogens is 337 g/mol. The predicted molar refractivity (Wildman–Crippen MR) is 63.0 cm³/mol. The summed E-state index contributed by atoms with van der Waals surface area (Å²) in [5.41, 5.74) is 0.240. The van der Waals surface area contributed by atoms with Crippen LogP contribution in [-0.4, -0.2) is 22.5 Å². The SMILES string of the molecule is CCCC(O)(CCC)C(C)=NC(C)C.[Dy]. The summed E-state index contributed by atoms with van der Waals surface area (Å²) in [6, 6.07) is 0.273. The molecule has 0 amide bonds. The summed E-state index contributed by atoms with van der Waals surface area (Å²) in [6.45, 7) is 10.2. The number of nitrogens with zero attached hydrogens (tertiary/aromatic N) is 1. The van der Waals surface area contributed by atoms with Crippen molar-refractivity contribution in [3.05, 3.63) is 0 Å². The van der Waals surface area contributed by atoms with E-state index in [4.69, 9.17) is 0 Å². The van der Waals surface area contributed by atoms with E-state index in [2.05, 4.69) is 18.8 Å². The summed E-state index contributed by atoms with van der Waals surface area (Å²) in [5.74, 6) is 0. The molecule has 94 valence electrons. The van der Waals surface area contributed by atoms with Crippen molar-refractivity contribution >= 4 is 5.71 Å². The first-order valence-electron chi connectivity index (χ1n) is 5.73. The maximum absolute atomic E-state index is 10.4. The van der Waals surface area contributed by atoms with Crippen LogP contribution in [0.3, 0.4) is 0 Å². The van der Waals surface area contributed by atoms with Gasteiger partial charge in [-0.25, -0.2) is 0 Å². The summed E-state index contributed by atoms with van der Waals surface area (Å²) in [5, 5.41) is 10.4. The normalized spacial score (nSPS) is 12.9. The molecule has 15 heavy (non-hydrogen) atoms. The van der Waals surface area contributed by atoms with Gasteiger partial charge in [0.05, 0.1) is 0 Å². The molecule has 0 saturated heterocycles. The minimum absolute atomic E-state index is 0. The first-order valence-corrected chi connectivity index (χ1v) is 5.73. The number of aliphatic imine (C=N–C) groups is 1. The monoisotopic (exact) mass is 363 g/mol. The maximum Gasteiger partial charge on any atom is 0.102 e. The van der Waals surface area contributed by atoms with Gasteiger partial charge < -0.3 is 5.11 Å². The first kappa shape index (κ1) is 18.3. The third-order valence-electron chi connectivity index (χ3n) is 2.45. The number of rotatable bonds is 6. The van der Waals surface area contributed by atoms with Crippen molar-refractivity contribution in [3.8, 4) is 0 Å². The van der Waals surface area contributed by atoms with E-state index in [0.29, 0.717) is 0 Å². The Bertz CT molecular complexity index is 184. The van der Waals surface area contributed by atoms with Gasteiger partial charge in [0.15, 0.2) is 0 Å². The van der Waals surface area contributed by atoms with Crippen molar-refractivity contribution < 1.29 is 43.3 Å². The quantitative estimate of drug-likeness (QED) is 0.724. The molecule has 0 aromatic heterocycles. The zero-order valence-corrected chi connectivity index (χ0v) is 12.6. The van der Waals surface area contributed by atoms with Crippen molar-refractivity contribution in [1.29, 1.82) is 0 Å². The molecule has 0 rings (SSSR count). The smallest absolute Gasteiger partial charge is 0.102 e. The standard InChI is InChI=1S/C12H25NO.Dy/c1-6-8-12(14,9-7-2)11(5)13-10(3)4;/h10,14H,6-9H2,1-5H3;. The molecule has 2 nitrogen and oxygen atoms in total. The molecule has 0 spiro atoms. The molecule has 0 atom stereocenters. The Morgan fingerprint density at radius 3 is 1.87 bits per heavy atom. The minimum atomic E-state index is -0.659. The van der Waals surface area contributed by atoms with E-state index >= 15 is 0 Å². The largest absolute Gasteiger partial charge is 0.384 e. The third kappa shape index (κ3) is 6.94. The van der Waals surface area contributed by atoms with E-state index in [0.717, 1.165) is 31.4 Å². The van der Waals surface area contributed by atoms with E-state index in [1.807, 2.05) is 20.8 Å². The fourth-order valence-corrected chi connectivity index (χ4v) is 1.82. The van der Waals surface area contributed by atoms with Crippen LogP contribution < -0.4 is 0 Å². The number of aliphatic hydroxyl groups is 1. The summed E-state index contributed by atoms with van der Waals surface area (Å²) in [7, 11) is 0. The average Bonchev–Trinajstić information content (AvgIpc) is 2.03. The summed E-state index contributed by atoms with van der Waals surface area (Å²) >= 11 is 0. The Hall–Kier alpha value is 0.903. The molecule has 0 aromatic carbocycles. The van der Waals surface area contributed by atoms with Gasteiger partial charge in [-0.15, -0.1) is 0 Å². The second-order valence-corrected chi connectivity index (χ2v) is 4.34. The van der Waals surface area contributed by atoms with Crippen LogP contribution in [0, 0.1) is 38.2 Å². The molecule has 0 radical (unpaired) electrons. The second-order valence-electron chi connectivity index (χ2n) is 4.34. The van der Waals surface area contributed by atoms with Gasteiger partial charge >= 0.3 is 0 Å². The van der Waals surface area contributed by atoms with E-state index < -0.39 is 5.60 Å². The van der Waals surface area contributed by atoms with Crippen LogP contribution in [0.5, 0.6) is 0 Å². The second kappa shape index (κ2) is 8.99. The Kier molecular flexibility index (Phi) is 10.9. The molecule has 0 aliphatic rings. The van der Waals surface area contributed by atoms with Crippen LogP contribution in [0.15, 0.2) is 4.99 Å². The summed E-state index contributed by atoms with van der Waals surface area (Å²) in [6.07, 6.45) is 3.65. The van der Waals surface area contributed by atoms with Gasteiger partial charge in [-0.05, 0) is 33.6 Å². The summed E-state index contributed by atoms with van der Waals surface area (Å²) < 4.78 is 0. The van der Waals surface area contributed by atoms with Gasteiger partial charge in [0, 0.05) is 49.9 Å². The number of hydrogen-bond acceptors (Lipinski definition) is 2. The van der Waals surface area contributed by atoms with Crippen LogP contribution in [0.2, 0.25) is 0 Å². The molecule has 0 saturated carbocycles. The Morgan fingerprint density at radius 2 is 1.60 bits per heavy atom. The minimum Gasteiger partial charge on any atom is -0.384 e. The molecule has 1 N–H and O–H groups in total. The van der Waals surface area contributed by atoms with Crippen molar-refractivity contribution in [2.45, 2.75) is 71.9 Å². The Balaban J connectivity index is 0. The van der Waals surface area contributed by atoms with Crippen LogP contribution >= 0.6 is 0 Å². The van der Waals surface area contributed by atoms with Crippen LogP contribution in [0.4, 0.5) is 0 Å². The van der Waals surface area contributed by atoms with Gasteiger partial charge in [0.1, 0.15) is 5.60 Å². The Labute approximate surface area is 125 Å². The molecule has 0 bridgehead atoms. The molecule has 0 aliphatic carbocycles. The molecule has 0 aromatic rings. The molecule has 0 heterocycles. The number of hydrogen-bond donors (Lipinski definition) is 1. The first-order chi connectivity index (χ1) is 6.46. The van der Waals surface area contributed by atoms with Gasteiger partial charge in [-0.1, -0.05) is 26.7 Å². The van der Waals surface area contributed by atoms with E-state index in [9.17, 15) is 5.11 Å². The van der Waals surface area contributed by atoms with Crippen LogP contribution in [0.25, 0.3) is 0 Å². The predicted octanol–water partition coefficient (Wildman–Crippen LogP) is 3.19. The van der Waals surface area contributed by atoms with Gasteiger partial charge in [0.2, 0.25) is 0 Å².